The molecule has 2 saturated heterocycles. The van der Waals surface area contributed by atoms with Crippen molar-refractivity contribution in [3.63, 3.8) is 0 Å². The zero-order valence-electron chi connectivity index (χ0n) is 12.4. The summed E-state index contributed by atoms with van der Waals surface area (Å²) in [6, 6.07) is 4.72. The van der Waals surface area contributed by atoms with Gasteiger partial charge < -0.3 is 9.47 Å². The maximum Gasteiger partial charge on any atom is 0.141 e. The van der Waals surface area contributed by atoms with Crippen LogP contribution in [0, 0.1) is 0 Å². The smallest absolute Gasteiger partial charge is 0.141 e. The molecule has 2 aliphatic heterocycles. The van der Waals surface area contributed by atoms with Gasteiger partial charge in [-0.2, -0.15) is 0 Å². The number of rotatable bonds is 3. The maximum atomic E-state index is 6.50. The second kappa shape index (κ2) is 5.27. The third kappa shape index (κ3) is 2.35. The van der Waals surface area contributed by atoms with E-state index in [1.807, 2.05) is 6.20 Å². The monoisotopic (exact) mass is 304 g/mol. The van der Waals surface area contributed by atoms with E-state index in [1.54, 1.807) is 0 Å². The van der Waals surface area contributed by atoms with Gasteiger partial charge in [0.15, 0.2) is 0 Å². The van der Waals surface area contributed by atoms with Gasteiger partial charge in [0, 0.05) is 31.2 Å². The summed E-state index contributed by atoms with van der Waals surface area (Å²) < 4.78 is 2.21. The highest BCUT2D eigenvalue weighted by molar-refractivity contribution is 6.31. The SMILES string of the molecule is CN1CC(n2c(Cl)cc3c(CN4CCCC4)ccnc32)C1. The standard InChI is InChI=1S/C16H21ClN4/c1-19-10-13(11-19)21-15(17)8-14-12(4-5-18-16(14)21)9-20-6-2-3-7-20/h4-5,8,13H,2-3,6-7,9-11H2,1H3. The van der Waals surface area contributed by atoms with Crippen LogP contribution in [-0.4, -0.2) is 52.6 Å². The average Bonchev–Trinajstić information content (AvgIpc) is 3.03. The molecule has 0 aliphatic carbocycles. The van der Waals surface area contributed by atoms with Gasteiger partial charge in [-0.1, -0.05) is 11.6 Å². The van der Waals surface area contributed by atoms with E-state index in [0.29, 0.717) is 6.04 Å². The fourth-order valence-corrected chi connectivity index (χ4v) is 3.96. The summed E-state index contributed by atoms with van der Waals surface area (Å²) in [6.07, 6.45) is 4.58. The van der Waals surface area contributed by atoms with Gasteiger partial charge in [0.1, 0.15) is 10.8 Å². The number of aromatic nitrogens is 2. The summed E-state index contributed by atoms with van der Waals surface area (Å²) in [5, 5.41) is 2.05. The number of fused-ring (bicyclic) bond motifs is 1. The summed E-state index contributed by atoms with van der Waals surface area (Å²) in [5.74, 6) is 0. The molecule has 2 aromatic heterocycles. The average molecular weight is 305 g/mol. The lowest BCUT2D eigenvalue weighted by Gasteiger charge is -2.37. The second-order valence-electron chi connectivity index (χ2n) is 6.40. The van der Waals surface area contributed by atoms with Crippen LogP contribution in [0.2, 0.25) is 5.15 Å². The minimum absolute atomic E-state index is 0.467. The van der Waals surface area contributed by atoms with E-state index in [1.165, 1.54) is 36.9 Å². The molecule has 4 rings (SSSR count). The van der Waals surface area contributed by atoms with Crippen molar-refractivity contribution >= 4 is 22.6 Å². The van der Waals surface area contributed by atoms with Gasteiger partial charge in [-0.25, -0.2) is 4.98 Å². The lowest BCUT2D eigenvalue weighted by Crippen LogP contribution is -2.44. The summed E-state index contributed by atoms with van der Waals surface area (Å²) in [6.45, 7) is 5.56. The highest BCUT2D eigenvalue weighted by Gasteiger charge is 2.28. The molecular formula is C16H21ClN4. The Morgan fingerprint density at radius 3 is 2.76 bits per heavy atom. The third-order valence-corrected chi connectivity index (χ3v) is 5.08. The first kappa shape index (κ1) is 13.6. The fraction of sp³-hybridized carbons (Fsp3) is 0.562. The molecule has 0 aromatic carbocycles. The number of hydrogen-bond acceptors (Lipinski definition) is 3. The predicted molar refractivity (Wildman–Crippen MR) is 85.8 cm³/mol. The Morgan fingerprint density at radius 2 is 2.05 bits per heavy atom. The third-order valence-electron chi connectivity index (χ3n) is 4.78. The van der Waals surface area contributed by atoms with Crippen LogP contribution in [0.15, 0.2) is 18.3 Å². The van der Waals surface area contributed by atoms with E-state index in [2.05, 4.69) is 38.5 Å². The van der Waals surface area contributed by atoms with Crippen LogP contribution in [0.5, 0.6) is 0 Å². The molecule has 112 valence electrons. The van der Waals surface area contributed by atoms with Gasteiger partial charge in [-0.3, -0.25) is 4.90 Å². The first-order valence-electron chi connectivity index (χ1n) is 7.77. The normalized spacial score (nSPS) is 21.2. The van der Waals surface area contributed by atoms with Crippen molar-refractivity contribution in [3.05, 3.63) is 29.0 Å². The van der Waals surface area contributed by atoms with Gasteiger partial charge in [0.25, 0.3) is 0 Å². The van der Waals surface area contributed by atoms with Crippen LogP contribution in [-0.2, 0) is 6.54 Å². The highest BCUT2D eigenvalue weighted by atomic mass is 35.5. The Kier molecular flexibility index (Phi) is 3.40. The van der Waals surface area contributed by atoms with Crippen molar-refractivity contribution in [2.75, 3.05) is 33.2 Å². The quantitative estimate of drug-likeness (QED) is 0.871. The topological polar surface area (TPSA) is 24.3 Å². The number of nitrogens with zero attached hydrogens (tertiary/aromatic N) is 4. The molecule has 0 bridgehead atoms. The minimum Gasteiger partial charge on any atom is -0.311 e. The molecule has 2 fully saturated rings. The molecule has 4 nitrogen and oxygen atoms in total. The van der Waals surface area contributed by atoms with Gasteiger partial charge in [-0.15, -0.1) is 0 Å². The number of halogens is 1. The van der Waals surface area contributed by atoms with Crippen LogP contribution >= 0.6 is 11.6 Å². The first-order chi connectivity index (χ1) is 10.2. The molecule has 0 radical (unpaired) electrons. The largest absolute Gasteiger partial charge is 0.311 e. The predicted octanol–water partition coefficient (Wildman–Crippen LogP) is 2.77. The number of hydrogen-bond donors (Lipinski definition) is 0. The second-order valence-corrected chi connectivity index (χ2v) is 6.79. The van der Waals surface area contributed by atoms with Crippen LogP contribution < -0.4 is 0 Å². The van der Waals surface area contributed by atoms with E-state index < -0.39 is 0 Å². The highest BCUT2D eigenvalue weighted by Crippen LogP contribution is 2.32. The van der Waals surface area contributed by atoms with Gasteiger partial charge in [-0.05, 0) is 50.7 Å². The van der Waals surface area contributed by atoms with Crippen LogP contribution in [0.3, 0.4) is 0 Å². The molecular weight excluding hydrogens is 284 g/mol. The summed E-state index contributed by atoms with van der Waals surface area (Å²) in [4.78, 5) is 9.44. The molecule has 0 amide bonds. The summed E-state index contributed by atoms with van der Waals surface area (Å²) in [7, 11) is 2.14. The molecule has 0 spiro atoms. The van der Waals surface area contributed by atoms with E-state index in [9.17, 15) is 0 Å². The molecule has 2 aliphatic rings. The number of likely N-dealkylation sites (N-methyl/N-ethyl adjacent to an activating group) is 1. The zero-order chi connectivity index (χ0) is 14.4. The molecule has 5 heteroatoms. The number of pyridine rings is 1. The van der Waals surface area contributed by atoms with Crippen molar-refractivity contribution < 1.29 is 0 Å². The Morgan fingerprint density at radius 1 is 1.29 bits per heavy atom. The van der Waals surface area contributed by atoms with Crippen LogP contribution in [0.1, 0.15) is 24.4 Å². The lowest BCUT2D eigenvalue weighted by molar-refractivity contribution is 0.144. The molecule has 0 N–H and O–H groups in total. The minimum atomic E-state index is 0.467. The van der Waals surface area contributed by atoms with E-state index in [-0.39, 0.29) is 0 Å². The van der Waals surface area contributed by atoms with Crippen molar-refractivity contribution in [2.24, 2.45) is 0 Å². The zero-order valence-corrected chi connectivity index (χ0v) is 13.2. The van der Waals surface area contributed by atoms with Crippen molar-refractivity contribution in [1.82, 2.24) is 19.4 Å². The lowest BCUT2D eigenvalue weighted by atomic mass is 10.1. The number of likely N-dealkylation sites (tertiary alicyclic amines) is 2. The molecule has 0 unspecified atom stereocenters. The van der Waals surface area contributed by atoms with E-state index in [4.69, 9.17) is 11.6 Å². The Labute approximate surface area is 130 Å². The van der Waals surface area contributed by atoms with Crippen molar-refractivity contribution in [3.8, 4) is 0 Å². The van der Waals surface area contributed by atoms with Crippen molar-refractivity contribution in [1.29, 1.82) is 0 Å². The Balaban J connectivity index is 1.71. The van der Waals surface area contributed by atoms with Crippen LogP contribution in [0.25, 0.3) is 11.0 Å². The van der Waals surface area contributed by atoms with Crippen molar-refractivity contribution in [2.45, 2.75) is 25.4 Å². The van der Waals surface area contributed by atoms with Crippen LogP contribution in [0.4, 0.5) is 0 Å². The first-order valence-corrected chi connectivity index (χ1v) is 8.15. The molecule has 4 heterocycles. The molecule has 21 heavy (non-hydrogen) atoms. The Hall–Kier alpha value is -1.10. The Bertz CT molecular complexity index is 654. The summed E-state index contributed by atoms with van der Waals surface area (Å²) >= 11 is 6.50. The fourth-order valence-electron chi connectivity index (χ4n) is 3.64. The van der Waals surface area contributed by atoms with Gasteiger partial charge >= 0.3 is 0 Å². The molecule has 2 aromatic rings. The van der Waals surface area contributed by atoms with E-state index >= 15 is 0 Å². The molecule has 0 atom stereocenters. The van der Waals surface area contributed by atoms with Gasteiger partial charge in [0.2, 0.25) is 0 Å². The maximum absolute atomic E-state index is 6.50. The summed E-state index contributed by atoms with van der Waals surface area (Å²) in [5.41, 5.74) is 2.41. The molecule has 0 saturated carbocycles. The van der Waals surface area contributed by atoms with E-state index in [0.717, 1.165) is 30.4 Å². The van der Waals surface area contributed by atoms with Gasteiger partial charge in [0.05, 0.1) is 6.04 Å².